The van der Waals surface area contributed by atoms with Crippen molar-refractivity contribution < 1.29 is 5.11 Å². The number of anilines is 1. The first kappa shape index (κ1) is 13.4. The van der Waals surface area contributed by atoms with Gasteiger partial charge in [-0.15, -0.1) is 5.10 Å². The van der Waals surface area contributed by atoms with E-state index in [0.29, 0.717) is 11.2 Å². The Bertz CT molecular complexity index is 890. The predicted octanol–water partition coefficient (Wildman–Crippen LogP) is 1.89. The van der Waals surface area contributed by atoms with Crippen LogP contribution in [0.15, 0.2) is 24.4 Å². The number of benzene rings is 1. The smallest absolute Gasteiger partial charge is 0.224 e. The van der Waals surface area contributed by atoms with Crippen molar-refractivity contribution in [2.75, 3.05) is 5.32 Å². The first-order chi connectivity index (χ1) is 10.5. The highest BCUT2D eigenvalue weighted by atomic mass is 35.5. The number of rotatable bonds is 1. The van der Waals surface area contributed by atoms with Gasteiger partial charge in [0.1, 0.15) is 6.23 Å². The number of aliphatic hydroxyl groups is 1. The number of halogens is 1. The summed E-state index contributed by atoms with van der Waals surface area (Å²) in [5.74, 6) is 0. The summed E-state index contributed by atoms with van der Waals surface area (Å²) in [6.45, 7) is 3.99. The molecule has 7 nitrogen and oxygen atoms in total. The molecule has 1 atom stereocenters. The Morgan fingerprint density at radius 2 is 2.18 bits per heavy atom. The van der Waals surface area contributed by atoms with Crippen LogP contribution in [0.2, 0.25) is 5.28 Å². The van der Waals surface area contributed by atoms with E-state index in [-0.39, 0.29) is 10.7 Å². The summed E-state index contributed by atoms with van der Waals surface area (Å²) < 4.78 is 1.60. The molecule has 0 bridgehead atoms. The number of hydrogen-bond acceptors (Lipinski definition) is 6. The summed E-state index contributed by atoms with van der Waals surface area (Å²) in [6.07, 6.45) is 0.911. The van der Waals surface area contributed by atoms with E-state index in [1.54, 1.807) is 4.68 Å². The van der Waals surface area contributed by atoms with E-state index in [2.05, 4.69) is 25.6 Å². The minimum atomic E-state index is -0.623. The standard InChI is InChI=1S/C14H13ClN6O/c1-14(2)8-4-3-7(5-9(8)17-12(14)22)21-11-10(19-20-21)6-16-13(15)18-11/h3-6,12,17,22H,1-2H3. The highest BCUT2D eigenvalue weighted by molar-refractivity contribution is 6.28. The first-order valence-corrected chi connectivity index (χ1v) is 7.18. The highest BCUT2D eigenvalue weighted by Gasteiger charge is 2.38. The van der Waals surface area contributed by atoms with Crippen LogP contribution in [0.25, 0.3) is 16.9 Å². The van der Waals surface area contributed by atoms with E-state index in [1.807, 2.05) is 32.0 Å². The molecule has 0 aliphatic carbocycles. The van der Waals surface area contributed by atoms with Crippen LogP contribution in [-0.4, -0.2) is 36.3 Å². The van der Waals surface area contributed by atoms with Crippen LogP contribution in [0.5, 0.6) is 0 Å². The summed E-state index contributed by atoms with van der Waals surface area (Å²) in [5.41, 5.74) is 3.48. The third kappa shape index (κ3) is 1.79. The summed E-state index contributed by atoms with van der Waals surface area (Å²) in [6, 6.07) is 5.81. The van der Waals surface area contributed by atoms with Crippen molar-refractivity contribution in [3.05, 3.63) is 35.2 Å². The van der Waals surface area contributed by atoms with Gasteiger partial charge in [-0.3, -0.25) is 0 Å². The molecule has 3 aromatic rings. The molecule has 2 N–H and O–H groups in total. The molecule has 1 unspecified atom stereocenters. The zero-order valence-electron chi connectivity index (χ0n) is 11.9. The van der Waals surface area contributed by atoms with Crippen LogP contribution in [0, 0.1) is 0 Å². The lowest BCUT2D eigenvalue weighted by Crippen LogP contribution is -2.32. The lowest BCUT2D eigenvalue weighted by atomic mass is 9.85. The van der Waals surface area contributed by atoms with Crippen molar-refractivity contribution in [1.82, 2.24) is 25.0 Å². The van der Waals surface area contributed by atoms with Gasteiger partial charge in [-0.05, 0) is 29.3 Å². The summed E-state index contributed by atoms with van der Waals surface area (Å²) in [5, 5.41) is 21.5. The van der Waals surface area contributed by atoms with Gasteiger partial charge in [0, 0.05) is 11.1 Å². The maximum atomic E-state index is 10.1. The van der Waals surface area contributed by atoms with Crippen molar-refractivity contribution in [3.63, 3.8) is 0 Å². The van der Waals surface area contributed by atoms with Gasteiger partial charge in [0.25, 0.3) is 0 Å². The van der Waals surface area contributed by atoms with Crippen LogP contribution in [-0.2, 0) is 5.41 Å². The third-order valence-electron chi connectivity index (χ3n) is 4.08. The molecule has 0 spiro atoms. The largest absolute Gasteiger partial charge is 0.373 e. The fraction of sp³-hybridized carbons (Fsp3) is 0.286. The Balaban J connectivity index is 1.87. The Hall–Kier alpha value is -2.25. The number of aromatic nitrogens is 5. The molecule has 3 heterocycles. The normalized spacial score (nSPS) is 19.2. The van der Waals surface area contributed by atoms with Gasteiger partial charge in [-0.1, -0.05) is 25.1 Å². The van der Waals surface area contributed by atoms with Gasteiger partial charge >= 0.3 is 0 Å². The molecule has 1 aliphatic heterocycles. The molecule has 112 valence electrons. The maximum absolute atomic E-state index is 10.1. The van der Waals surface area contributed by atoms with Crippen molar-refractivity contribution in [3.8, 4) is 5.69 Å². The monoisotopic (exact) mass is 316 g/mol. The molecular formula is C14H13ClN6O. The number of nitrogens with zero attached hydrogens (tertiary/aromatic N) is 5. The number of aliphatic hydroxyl groups excluding tert-OH is 1. The van der Waals surface area contributed by atoms with Crippen molar-refractivity contribution in [2.45, 2.75) is 25.5 Å². The lowest BCUT2D eigenvalue weighted by Gasteiger charge is -2.22. The minimum Gasteiger partial charge on any atom is -0.373 e. The predicted molar refractivity (Wildman–Crippen MR) is 82.1 cm³/mol. The SMILES string of the molecule is CC1(C)c2ccc(-n3nnc4cnc(Cl)nc43)cc2NC1O. The highest BCUT2D eigenvalue weighted by Crippen LogP contribution is 2.40. The molecule has 1 aliphatic rings. The van der Waals surface area contributed by atoms with Crippen LogP contribution in [0.3, 0.4) is 0 Å². The van der Waals surface area contributed by atoms with E-state index >= 15 is 0 Å². The average molecular weight is 317 g/mol. The minimum absolute atomic E-state index is 0.145. The fourth-order valence-corrected chi connectivity index (χ4v) is 2.83. The Morgan fingerprint density at radius 1 is 1.36 bits per heavy atom. The fourth-order valence-electron chi connectivity index (χ4n) is 2.70. The zero-order chi connectivity index (χ0) is 15.5. The van der Waals surface area contributed by atoms with E-state index in [1.165, 1.54) is 6.20 Å². The van der Waals surface area contributed by atoms with Crippen LogP contribution < -0.4 is 5.32 Å². The van der Waals surface area contributed by atoms with Crippen molar-refractivity contribution >= 4 is 28.5 Å². The molecule has 1 aromatic carbocycles. The second-order valence-electron chi connectivity index (χ2n) is 5.85. The summed E-state index contributed by atoms with van der Waals surface area (Å²) >= 11 is 5.85. The van der Waals surface area contributed by atoms with E-state index < -0.39 is 6.23 Å². The molecule has 22 heavy (non-hydrogen) atoms. The van der Waals surface area contributed by atoms with E-state index in [4.69, 9.17) is 11.6 Å². The van der Waals surface area contributed by atoms with Gasteiger partial charge in [0.2, 0.25) is 5.28 Å². The molecule has 0 saturated carbocycles. The van der Waals surface area contributed by atoms with Crippen molar-refractivity contribution in [1.29, 1.82) is 0 Å². The van der Waals surface area contributed by atoms with Crippen LogP contribution in [0.4, 0.5) is 5.69 Å². The van der Waals surface area contributed by atoms with Crippen LogP contribution in [0.1, 0.15) is 19.4 Å². The first-order valence-electron chi connectivity index (χ1n) is 6.80. The summed E-state index contributed by atoms with van der Waals surface area (Å²) in [4.78, 5) is 8.07. The number of fused-ring (bicyclic) bond motifs is 2. The van der Waals surface area contributed by atoms with Crippen LogP contribution >= 0.6 is 11.6 Å². The van der Waals surface area contributed by atoms with Gasteiger partial charge in [0.05, 0.1) is 11.9 Å². The molecule has 4 rings (SSSR count). The van der Waals surface area contributed by atoms with Crippen molar-refractivity contribution in [2.24, 2.45) is 0 Å². The molecule has 8 heteroatoms. The Labute approximate surface area is 131 Å². The average Bonchev–Trinajstić information content (AvgIpc) is 2.98. The van der Waals surface area contributed by atoms with Gasteiger partial charge in [-0.25, -0.2) is 4.98 Å². The molecule has 0 amide bonds. The molecule has 0 radical (unpaired) electrons. The van der Waals surface area contributed by atoms with E-state index in [9.17, 15) is 5.11 Å². The molecular weight excluding hydrogens is 304 g/mol. The quantitative estimate of drug-likeness (QED) is 0.666. The second-order valence-corrected chi connectivity index (χ2v) is 6.19. The second kappa shape index (κ2) is 4.37. The number of nitrogens with one attached hydrogen (secondary N) is 1. The molecule has 2 aromatic heterocycles. The Morgan fingerprint density at radius 3 is 3.00 bits per heavy atom. The lowest BCUT2D eigenvalue weighted by molar-refractivity contribution is 0.137. The van der Waals surface area contributed by atoms with E-state index in [0.717, 1.165) is 16.9 Å². The third-order valence-corrected chi connectivity index (χ3v) is 4.26. The maximum Gasteiger partial charge on any atom is 0.224 e. The zero-order valence-corrected chi connectivity index (χ0v) is 12.7. The summed E-state index contributed by atoms with van der Waals surface area (Å²) in [7, 11) is 0. The molecule has 0 saturated heterocycles. The number of hydrogen-bond donors (Lipinski definition) is 2. The van der Waals surface area contributed by atoms with Gasteiger partial charge < -0.3 is 10.4 Å². The Kier molecular flexibility index (Phi) is 2.67. The van der Waals surface area contributed by atoms with Gasteiger partial charge in [-0.2, -0.15) is 9.67 Å². The van der Waals surface area contributed by atoms with Gasteiger partial charge in [0.15, 0.2) is 11.2 Å². The topological polar surface area (TPSA) is 88.8 Å². The molecule has 0 fully saturated rings.